The zero-order valence-corrected chi connectivity index (χ0v) is 21.4. The van der Waals surface area contributed by atoms with Crippen molar-refractivity contribution in [2.75, 3.05) is 19.0 Å². The number of thiocarbonyl (C=S) groups is 1. The third-order valence-electron chi connectivity index (χ3n) is 5.67. The highest BCUT2D eigenvalue weighted by Gasteiger charge is 2.31. The van der Waals surface area contributed by atoms with Crippen molar-refractivity contribution in [3.8, 4) is 11.5 Å². The molecular formula is C24H27N3O4S3. The molecule has 4 rings (SSSR count). The van der Waals surface area contributed by atoms with Crippen LogP contribution in [0.15, 0.2) is 34.7 Å². The van der Waals surface area contributed by atoms with Crippen LogP contribution in [0.3, 0.4) is 0 Å². The van der Waals surface area contributed by atoms with Crippen LogP contribution in [-0.2, 0) is 9.59 Å². The van der Waals surface area contributed by atoms with Gasteiger partial charge in [0.2, 0.25) is 5.91 Å². The number of nitrogens with one attached hydrogen (secondary N) is 1. The lowest BCUT2D eigenvalue weighted by Crippen LogP contribution is -2.29. The molecule has 0 radical (unpaired) electrons. The van der Waals surface area contributed by atoms with E-state index in [-0.39, 0.29) is 24.3 Å². The number of nitrogens with zero attached hydrogens (tertiary/aromatic N) is 2. The molecule has 1 aromatic carbocycles. The summed E-state index contributed by atoms with van der Waals surface area (Å²) in [7, 11) is 1.62. The van der Waals surface area contributed by atoms with Gasteiger partial charge in [-0.1, -0.05) is 36.5 Å². The van der Waals surface area contributed by atoms with Crippen molar-refractivity contribution in [1.29, 1.82) is 0 Å². The Kier molecular flexibility index (Phi) is 8.58. The van der Waals surface area contributed by atoms with Crippen LogP contribution in [0.1, 0.15) is 50.5 Å². The molecule has 1 aliphatic carbocycles. The molecule has 180 valence electrons. The van der Waals surface area contributed by atoms with Crippen molar-refractivity contribution in [3.63, 3.8) is 0 Å². The number of hydrogen-bond donors (Lipinski definition) is 1. The summed E-state index contributed by atoms with van der Waals surface area (Å²) in [5, 5.41) is 5.12. The fourth-order valence-corrected chi connectivity index (χ4v) is 5.80. The second kappa shape index (κ2) is 11.8. The minimum absolute atomic E-state index is 0.126. The maximum absolute atomic E-state index is 12.9. The van der Waals surface area contributed by atoms with Crippen LogP contribution < -0.4 is 14.8 Å². The molecule has 2 amide bonds. The first-order valence-electron chi connectivity index (χ1n) is 11.3. The number of amides is 2. The largest absolute Gasteiger partial charge is 0.493 e. The Balaban J connectivity index is 1.34. The van der Waals surface area contributed by atoms with Gasteiger partial charge in [-0.2, -0.15) is 0 Å². The van der Waals surface area contributed by atoms with Gasteiger partial charge in [-0.15, -0.1) is 11.3 Å². The van der Waals surface area contributed by atoms with Crippen molar-refractivity contribution in [2.45, 2.75) is 51.0 Å². The second-order valence-electron chi connectivity index (χ2n) is 8.11. The molecule has 0 unspecified atom stereocenters. The number of carbonyl (C=O) groups is 2. The van der Waals surface area contributed by atoms with E-state index in [1.807, 2.05) is 24.3 Å². The minimum atomic E-state index is -0.142. The molecule has 2 heterocycles. The normalized spacial score (nSPS) is 17.9. The molecule has 1 aromatic heterocycles. The molecule has 0 spiro atoms. The van der Waals surface area contributed by atoms with E-state index >= 15 is 0 Å². The molecule has 1 saturated carbocycles. The number of anilines is 1. The third kappa shape index (κ3) is 6.37. The summed E-state index contributed by atoms with van der Waals surface area (Å²) in [6, 6.07) is 5.71. The highest BCUT2D eigenvalue weighted by molar-refractivity contribution is 8.26. The van der Waals surface area contributed by atoms with Crippen LogP contribution >= 0.6 is 35.3 Å². The van der Waals surface area contributed by atoms with Gasteiger partial charge in [-0.3, -0.25) is 14.5 Å². The number of methoxy groups -OCH3 is 1. The van der Waals surface area contributed by atoms with E-state index in [9.17, 15) is 9.59 Å². The number of thioether (sulfide) groups is 1. The monoisotopic (exact) mass is 517 g/mol. The fraction of sp³-hybridized carbons (Fsp3) is 0.417. The standard InChI is InChI=1S/C24H27N3O4S3/c1-30-19-14-16(9-10-18(19)31-17-6-3-2-4-7-17)15-20-22(29)27(24(32)34-20)12-5-8-21(28)26-23-25-11-13-33-23/h9-11,13-15,17H,2-8,12H2,1H3,(H,25,26,28)/b20-15-. The Morgan fingerprint density at radius 2 is 2.12 bits per heavy atom. The van der Waals surface area contributed by atoms with E-state index in [0.29, 0.717) is 33.1 Å². The van der Waals surface area contributed by atoms with Crippen molar-refractivity contribution in [1.82, 2.24) is 9.88 Å². The van der Waals surface area contributed by atoms with Crippen molar-refractivity contribution < 1.29 is 19.1 Å². The van der Waals surface area contributed by atoms with Crippen molar-refractivity contribution in [3.05, 3.63) is 40.2 Å². The van der Waals surface area contributed by atoms with Gasteiger partial charge in [0, 0.05) is 24.5 Å². The predicted molar refractivity (Wildman–Crippen MR) is 140 cm³/mol. The van der Waals surface area contributed by atoms with Crippen LogP contribution in [-0.4, -0.2) is 45.8 Å². The van der Waals surface area contributed by atoms with E-state index in [0.717, 1.165) is 24.2 Å². The molecule has 0 bridgehead atoms. The van der Waals surface area contributed by atoms with Crippen molar-refractivity contribution in [2.24, 2.45) is 0 Å². The first kappa shape index (κ1) is 24.7. The van der Waals surface area contributed by atoms with Gasteiger partial charge in [0.15, 0.2) is 16.6 Å². The quantitative estimate of drug-likeness (QED) is 0.348. The Bertz CT molecular complexity index is 1070. The molecule has 1 N–H and O–H groups in total. The lowest BCUT2D eigenvalue weighted by Gasteiger charge is -2.24. The summed E-state index contributed by atoms with van der Waals surface area (Å²) < 4.78 is 12.2. The van der Waals surface area contributed by atoms with Gasteiger partial charge in [-0.25, -0.2) is 4.98 Å². The van der Waals surface area contributed by atoms with E-state index in [1.165, 1.54) is 42.4 Å². The molecule has 2 aromatic rings. The molecule has 34 heavy (non-hydrogen) atoms. The number of carbonyl (C=O) groups excluding carboxylic acids is 2. The maximum atomic E-state index is 12.9. The van der Waals surface area contributed by atoms with Gasteiger partial charge in [0.05, 0.1) is 18.1 Å². The minimum Gasteiger partial charge on any atom is -0.493 e. The molecule has 1 saturated heterocycles. The van der Waals surface area contributed by atoms with Gasteiger partial charge < -0.3 is 14.8 Å². The number of benzene rings is 1. The van der Waals surface area contributed by atoms with Gasteiger partial charge >= 0.3 is 0 Å². The molecule has 1 aliphatic heterocycles. The number of thiazole rings is 1. The summed E-state index contributed by atoms with van der Waals surface area (Å²) >= 11 is 8.06. The first-order valence-corrected chi connectivity index (χ1v) is 13.4. The summed E-state index contributed by atoms with van der Waals surface area (Å²) in [5.41, 5.74) is 0.844. The fourth-order valence-electron chi connectivity index (χ4n) is 3.94. The van der Waals surface area contributed by atoms with Gasteiger partial charge in [0.1, 0.15) is 4.32 Å². The van der Waals surface area contributed by atoms with Gasteiger partial charge in [-0.05, 0) is 55.9 Å². The van der Waals surface area contributed by atoms with Crippen LogP contribution in [0, 0.1) is 0 Å². The molecular weight excluding hydrogens is 490 g/mol. The topological polar surface area (TPSA) is 80.8 Å². The van der Waals surface area contributed by atoms with Gasteiger partial charge in [0.25, 0.3) is 5.91 Å². The summed E-state index contributed by atoms with van der Waals surface area (Å²) in [6.45, 7) is 0.394. The first-order chi connectivity index (χ1) is 16.5. The van der Waals surface area contributed by atoms with E-state index in [1.54, 1.807) is 23.6 Å². The summed E-state index contributed by atoms with van der Waals surface area (Å²) in [4.78, 5) is 31.1. The molecule has 0 atom stereocenters. The molecule has 2 fully saturated rings. The van der Waals surface area contributed by atoms with E-state index in [2.05, 4.69) is 10.3 Å². The Morgan fingerprint density at radius 1 is 1.29 bits per heavy atom. The average Bonchev–Trinajstić information content (AvgIpc) is 3.44. The lowest BCUT2D eigenvalue weighted by atomic mass is 9.98. The third-order valence-corrected chi connectivity index (χ3v) is 7.74. The lowest BCUT2D eigenvalue weighted by molar-refractivity contribution is -0.122. The Labute approximate surface area is 212 Å². The Hall–Kier alpha value is -2.43. The number of ether oxygens (including phenoxy) is 2. The zero-order chi connectivity index (χ0) is 23.9. The highest BCUT2D eigenvalue weighted by atomic mass is 32.2. The number of hydrogen-bond acceptors (Lipinski definition) is 8. The average molecular weight is 518 g/mol. The second-order valence-corrected chi connectivity index (χ2v) is 10.7. The molecule has 7 nitrogen and oxygen atoms in total. The predicted octanol–water partition coefficient (Wildman–Crippen LogP) is 5.48. The van der Waals surface area contributed by atoms with Crippen LogP contribution in [0.5, 0.6) is 11.5 Å². The zero-order valence-electron chi connectivity index (χ0n) is 19.0. The number of rotatable bonds is 9. The molecule has 10 heteroatoms. The van der Waals surface area contributed by atoms with Crippen LogP contribution in [0.25, 0.3) is 6.08 Å². The van der Waals surface area contributed by atoms with Crippen LogP contribution in [0.4, 0.5) is 5.13 Å². The summed E-state index contributed by atoms with van der Waals surface area (Å²) in [5.74, 6) is 1.12. The maximum Gasteiger partial charge on any atom is 0.266 e. The van der Waals surface area contributed by atoms with E-state index in [4.69, 9.17) is 21.7 Å². The smallest absolute Gasteiger partial charge is 0.266 e. The molecule has 2 aliphatic rings. The highest BCUT2D eigenvalue weighted by Crippen LogP contribution is 2.36. The SMILES string of the molecule is COc1cc(/C=C2\SC(=S)N(CCCC(=O)Nc3nccs3)C2=O)ccc1OC1CCCCC1. The Morgan fingerprint density at radius 3 is 2.85 bits per heavy atom. The number of aromatic nitrogens is 1. The van der Waals surface area contributed by atoms with Crippen molar-refractivity contribution >= 4 is 62.7 Å². The van der Waals surface area contributed by atoms with Crippen LogP contribution in [0.2, 0.25) is 0 Å². The summed E-state index contributed by atoms with van der Waals surface area (Å²) in [6.07, 6.45) is 10.3. The van der Waals surface area contributed by atoms with E-state index < -0.39 is 0 Å².